The average Bonchev–Trinajstić information content (AvgIpc) is 3.03. The molecule has 0 saturated heterocycles. The number of nitrogens with one attached hydrogen (secondary N) is 2. The highest BCUT2D eigenvalue weighted by molar-refractivity contribution is 7.97. The van der Waals surface area contributed by atoms with Gasteiger partial charge in [0.15, 0.2) is 5.96 Å². The van der Waals surface area contributed by atoms with Crippen LogP contribution in [0.15, 0.2) is 29.4 Å². The number of hydrogen-bond acceptors (Lipinski definition) is 4. The molecule has 26 heavy (non-hydrogen) atoms. The molecule has 1 heterocycles. The quantitative estimate of drug-likeness (QED) is 0.520. The number of guanidine groups is 1. The number of hydrogen-bond donors (Lipinski definition) is 2. The van der Waals surface area contributed by atoms with Crippen LogP contribution in [0.3, 0.4) is 0 Å². The lowest BCUT2D eigenvalue weighted by molar-refractivity contribution is 0.625. The van der Waals surface area contributed by atoms with E-state index in [-0.39, 0.29) is 5.82 Å². The van der Waals surface area contributed by atoms with Gasteiger partial charge in [0.1, 0.15) is 5.82 Å². The van der Waals surface area contributed by atoms with Crippen molar-refractivity contribution in [2.24, 2.45) is 10.9 Å². The Bertz CT molecular complexity index is 728. The van der Waals surface area contributed by atoms with Crippen LogP contribution >= 0.6 is 23.1 Å². The number of aliphatic imine (C=N–C) groups is 1. The van der Waals surface area contributed by atoms with Crippen LogP contribution in [0.2, 0.25) is 0 Å². The molecule has 0 aliphatic heterocycles. The first kappa shape index (κ1) is 20.7. The number of nitrogens with zero attached hydrogens (tertiary/aromatic N) is 2. The SMILES string of the molecule is CN=C(NCc1cnc(CC(C)C)s1)NCc1ccc(F)cc1CSC. The van der Waals surface area contributed by atoms with Crippen LogP contribution in [0.25, 0.3) is 0 Å². The number of thioether (sulfide) groups is 1. The van der Waals surface area contributed by atoms with E-state index in [2.05, 4.69) is 34.5 Å². The average molecular weight is 395 g/mol. The van der Waals surface area contributed by atoms with Gasteiger partial charge in [-0.15, -0.1) is 11.3 Å². The van der Waals surface area contributed by atoms with E-state index in [9.17, 15) is 4.39 Å². The Balaban J connectivity index is 1.89. The molecule has 0 bridgehead atoms. The molecule has 0 aliphatic rings. The zero-order valence-electron chi connectivity index (χ0n) is 15.8. The largest absolute Gasteiger partial charge is 0.352 e. The zero-order valence-corrected chi connectivity index (χ0v) is 17.4. The van der Waals surface area contributed by atoms with Gasteiger partial charge in [-0.3, -0.25) is 4.99 Å². The van der Waals surface area contributed by atoms with Crippen molar-refractivity contribution < 1.29 is 4.39 Å². The van der Waals surface area contributed by atoms with Gasteiger partial charge in [0, 0.05) is 36.8 Å². The lowest BCUT2D eigenvalue weighted by Gasteiger charge is -2.13. The van der Waals surface area contributed by atoms with Crippen molar-refractivity contribution in [3.63, 3.8) is 0 Å². The normalized spacial score (nSPS) is 11.8. The van der Waals surface area contributed by atoms with E-state index < -0.39 is 0 Å². The summed E-state index contributed by atoms with van der Waals surface area (Å²) in [6.07, 6.45) is 4.96. The van der Waals surface area contributed by atoms with Crippen LogP contribution in [0.5, 0.6) is 0 Å². The van der Waals surface area contributed by atoms with Crippen molar-refractivity contribution in [2.75, 3.05) is 13.3 Å². The standard InChI is InChI=1S/C19H27FN4S2/c1-13(2)7-18-22-10-17(26-18)11-24-19(21-3)23-9-14-5-6-16(20)8-15(14)12-25-4/h5-6,8,10,13H,7,9,11-12H2,1-4H3,(H2,21,23,24). The van der Waals surface area contributed by atoms with Crippen molar-refractivity contribution in [2.45, 2.75) is 39.1 Å². The first-order valence-electron chi connectivity index (χ1n) is 8.66. The van der Waals surface area contributed by atoms with Crippen LogP contribution in [0, 0.1) is 11.7 Å². The molecule has 0 amide bonds. The number of halogens is 1. The van der Waals surface area contributed by atoms with E-state index in [1.807, 2.05) is 18.5 Å². The number of rotatable bonds is 8. The number of aromatic nitrogens is 1. The van der Waals surface area contributed by atoms with Gasteiger partial charge in [-0.2, -0.15) is 11.8 Å². The van der Waals surface area contributed by atoms with E-state index in [1.54, 1.807) is 36.2 Å². The summed E-state index contributed by atoms with van der Waals surface area (Å²) in [5.74, 6) is 1.94. The van der Waals surface area contributed by atoms with Crippen LogP contribution < -0.4 is 10.6 Å². The molecule has 142 valence electrons. The highest BCUT2D eigenvalue weighted by Crippen LogP contribution is 2.17. The predicted molar refractivity (Wildman–Crippen MR) is 111 cm³/mol. The van der Waals surface area contributed by atoms with Crippen LogP contribution in [0.4, 0.5) is 4.39 Å². The first-order valence-corrected chi connectivity index (χ1v) is 10.9. The Morgan fingerprint density at radius 2 is 2.04 bits per heavy atom. The second-order valence-corrected chi connectivity index (χ2v) is 8.51. The highest BCUT2D eigenvalue weighted by atomic mass is 32.2. The smallest absolute Gasteiger partial charge is 0.191 e. The summed E-state index contributed by atoms with van der Waals surface area (Å²) in [4.78, 5) is 9.93. The lowest BCUT2D eigenvalue weighted by atomic mass is 10.1. The van der Waals surface area contributed by atoms with Crippen molar-refractivity contribution in [1.82, 2.24) is 15.6 Å². The van der Waals surface area contributed by atoms with E-state index in [1.165, 1.54) is 16.0 Å². The fourth-order valence-corrected chi connectivity index (χ4v) is 4.15. The summed E-state index contributed by atoms with van der Waals surface area (Å²) in [7, 11) is 1.75. The monoisotopic (exact) mass is 394 g/mol. The third-order valence-electron chi connectivity index (χ3n) is 3.75. The van der Waals surface area contributed by atoms with Crippen LogP contribution in [-0.2, 0) is 25.3 Å². The maximum Gasteiger partial charge on any atom is 0.191 e. The molecule has 0 spiro atoms. The third kappa shape index (κ3) is 6.61. The van der Waals surface area contributed by atoms with Gasteiger partial charge in [-0.05, 0) is 35.4 Å². The molecule has 1 aromatic heterocycles. The van der Waals surface area contributed by atoms with Gasteiger partial charge in [0.05, 0.1) is 11.6 Å². The molecule has 0 saturated carbocycles. The lowest BCUT2D eigenvalue weighted by Crippen LogP contribution is -2.36. The summed E-state index contributed by atoms with van der Waals surface area (Å²) >= 11 is 3.42. The van der Waals surface area contributed by atoms with E-state index >= 15 is 0 Å². The van der Waals surface area contributed by atoms with E-state index in [0.717, 1.165) is 29.3 Å². The fourth-order valence-electron chi connectivity index (χ4n) is 2.50. The van der Waals surface area contributed by atoms with Gasteiger partial charge >= 0.3 is 0 Å². The maximum absolute atomic E-state index is 13.5. The predicted octanol–water partition coefficient (Wildman–Crippen LogP) is 4.21. The minimum absolute atomic E-state index is 0.192. The third-order valence-corrected chi connectivity index (χ3v) is 5.37. The summed E-state index contributed by atoms with van der Waals surface area (Å²) in [6.45, 7) is 5.70. The molecule has 0 fully saturated rings. The second kappa shape index (κ2) is 10.5. The van der Waals surface area contributed by atoms with Gasteiger partial charge in [0.25, 0.3) is 0 Å². The molecular weight excluding hydrogens is 367 g/mol. The molecule has 0 radical (unpaired) electrons. The molecular formula is C19H27FN4S2. The Morgan fingerprint density at radius 3 is 2.73 bits per heavy atom. The molecule has 4 nitrogen and oxygen atoms in total. The van der Waals surface area contributed by atoms with Crippen molar-refractivity contribution in [3.05, 3.63) is 51.2 Å². The van der Waals surface area contributed by atoms with E-state index in [4.69, 9.17) is 0 Å². The van der Waals surface area contributed by atoms with Crippen molar-refractivity contribution >= 4 is 29.1 Å². The summed E-state index contributed by atoms with van der Waals surface area (Å²) in [5, 5.41) is 7.79. The van der Waals surface area contributed by atoms with Gasteiger partial charge in [-0.25, -0.2) is 9.37 Å². The molecule has 2 N–H and O–H groups in total. The van der Waals surface area contributed by atoms with E-state index in [0.29, 0.717) is 19.0 Å². The maximum atomic E-state index is 13.5. The molecule has 1 aromatic carbocycles. The number of benzene rings is 1. The Labute approximate surface area is 163 Å². The van der Waals surface area contributed by atoms with Crippen molar-refractivity contribution in [1.29, 1.82) is 0 Å². The van der Waals surface area contributed by atoms with Gasteiger partial charge in [-0.1, -0.05) is 19.9 Å². The Hall–Kier alpha value is -1.60. The summed E-state index contributed by atoms with van der Waals surface area (Å²) in [5.41, 5.74) is 2.10. The Morgan fingerprint density at radius 1 is 1.27 bits per heavy atom. The molecule has 7 heteroatoms. The minimum atomic E-state index is -0.192. The Kier molecular flexibility index (Phi) is 8.38. The molecule has 2 rings (SSSR count). The highest BCUT2D eigenvalue weighted by Gasteiger charge is 2.07. The summed E-state index contributed by atoms with van der Waals surface area (Å²) in [6, 6.07) is 4.95. The fraction of sp³-hybridized carbons (Fsp3) is 0.474. The first-order chi connectivity index (χ1) is 12.5. The van der Waals surface area contributed by atoms with Gasteiger partial charge < -0.3 is 10.6 Å². The van der Waals surface area contributed by atoms with Crippen molar-refractivity contribution in [3.8, 4) is 0 Å². The molecule has 0 aliphatic carbocycles. The number of thiazole rings is 1. The topological polar surface area (TPSA) is 49.3 Å². The van der Waals surface area contributed by atoms with Gasteiger partial charge in [0.2, 0.25) is 0 Å². The van der Waals surface area contributed by atoms with Crippen LogP contribution in [-0.4, -0.2) is 24.2 Å². The molecule has 0 atom stereocenters. The zero-order chi connectivity index (χ0) is 18.9. The summed E-state index contributed by atoms with van der Waals surface area (Å²) < 4.78 is 13.5. The van der Waals surface area contributed by atoms with Crippen LogP contribution in [0.1, 0.15) is 34.9 Å². The second-order valence-electron chi connectivity index (χ2n) is 6.44. The molecule has 2 aromatic rings. The molecule has 0 unspecified atom stereocenters. The minimum Gasteiger partial charge on any atom is -0.352 e.